The summed E-state index contributed by atoms with van der Waals surface area (Å²) in [6.45, 7) is 0. The summed E-state index contributed by atoms with van der Waals surface area (Å²) in [5.41, 5.74) is 7.86. The molecule has 30 heavy (non-hydrogen) atoms. The van der Waals surface area contributed by atoms with Crippen LogP contribution in [0.15, 0.2) is 48.5 Å². The van der Waals surface area contributed by atoms with E-state index in [1.165, 1.54) is 0 Å². The van der Waals surface area contributed by atoms with Crippen LogP contribution < -0.4 is 5.84 Å². The number of amides is 2. The molecule has 2 aliphatic heterocycles. The van der Waals surface area contributed by atoms with Crippen molar-refractivity contribution in [3.8, 4) is 0 Å². The third-order valence-electron chi connectivity index (χ3n) is 4.29. The van der Waals surface area contributed by atoms with Crippen molar-refractivity contribution in [2.45, 2.75) is 0 Å². The molecular formula is C22H18N6O2. The lowest BCUT2D eigenvalue weighted by atomic mass is 10.3. The smallest absolute Gasteiger partial charge is 0.230 e. The van der Waals surface area contributed by atoms with E-state index in [0.29, 0.717) is 5.01 Å². The molecule has 8 heteroatoms. The highest BCUT2D eigenvalue weighted by Gasteiger charge is 2.02. The molecule has 0 atom stereocenters. The average molecular weight is 398 g/mol. The molecule has 0 fully saturated rings. The minimum Gasteiger partial charge on any atom is -0.355 e. The number of nitrogens with zero attached hydrogens (tertiary/aromatic N) is 3. The van der Waals surface area contributed by atoms with Crippen molar-refractivity contribution in [2.75, 3.05) is 0 Å². The Hall–Kier alpha value is -4.30. The Morgan fingerprint density at radius 1 is 0.633 bits per heavy atom. The van der Waals surface area contributed by atoms with E-state index in [2.05, 4.69) is 56.1 Å². The normalized spacial score (nSPS) is 11.5. The highest BCUT2D eigenvalue weighted by atomic mass is 16.2. The fourth-order valence-corrected chi connectivity index (χ4v) is 2.97. The highest BCUT2D eigenvalue weighted by Crippen LogP contribution is 2.17. The van der Waals surface area contributed by atoms with Gasteiger partial charge >= 0.3 is 0 Å². The number of hydrogen-bond acceptors (Lipinski definition) is 5. The summed E-state index contributed by atoms with van der Waals surface area (Å²) in [4.78, 5) is 34.6. The van der Waals surface area contributed by atoms with Crippen LogP contribution in [-0.4, -0.2) is 37.8 Å². The molecule has 0 spiro atoms. The number of aromatic amines is 2. The Bertz CT molecular complexity index is 1220. The van der Waals surface area contributed by atoms with Gasteiger partial charge in [-0.2, -0.15) is 0 Å². The summed E-state index contributed by atoms with van der Waals surface area (Å²) in [5.74, 6) is 4.57. The zero-order chi connectivity index (χ0) is 20.9. The molecule has 0 saturated carbocycles. The first-order valence-corrected chi connectivity index (χ1v) is 9.09. The topological polar surface area (TPSA) is 121 Å². The maximum absolute atomic E-state index is 9.31. The van der Waals surface area contributed by atoms with Gasteiger partial charge in [-0.05, 0) is 72.8 Å². The lowest BCUT2D eigenvalue weighted by Crippen LogP contribution is -2.26. The first-order chi connectivity index (χ1) is 14.6. The number of hydrogen-bond donors (Lipinski definition) is 3. The second-order valence-corrected chi connectivity index (χ2v) is 6.56. The van der Waals surface area contributed by atoms with E-state index in [-0.39, 0.29) is 12.8 Å². The van der Waals surface area contributed by atoms with Crippen LogP contribution in [0.4, 0.5) is 0 Å². The van der Waals surface area contributed by atoms with Crippen LogP contribution in [0.5, 0.6) is 0 Å². The van der Waals surface area contributed by atoms with Crippen molar-refractivity contribution in [2.24, 2.45) is 5.84 Å². The lowest BCUT2D eigenvalue weighted by Gasteiger charge is -1.91. The molecule has 3 aromatic heterocycles. The number of hydrazine groups is 1. The molecule has 8 bridgehead atoms. The Balaban J connectivity index is 0.000000322. The lowest BCUT2D eigenvalue weighted by molar-refractivity contribution is -0.129. The fraction of sp³-hybridized carbons (Fsp3) is 0. The van der Waals surface area contributed by atoms with Crippen molar-refractivity contribution in [1.82, 2.24) is 24.9 Å². The summed E-state index contributed by atoms with van der Waals surface area (Å²) >= 11 is 0. The molecule has 148 valence electrons. The Morgan fingerprint density at radius 2 is 1.00 bits per heavy atom. The molecule has 0 radical (unpaired) electrons. The molecule has 5 rings (SSSR count). The highest BCUT2D eigenvalue weighted by molar-refractivity contribution is 5.77. The first-order valence-electron chi connectivity index (χ1n) is 9.09. The van der Waals surface area contributed by atoms with Gasteiger partial charge in [0.2, 0.25) is 12.8 Å². The molecule has 2 aliphatic rings. The van der Waals surface area contributed by atoms with Crippen molar-refractivity contribution in [3.63, 3.8) is 0 Å². The molecule has 8 nitrogen and oxygen atoms in total. The van der Waals surface area contributed by atoms with Crippen LogP contribution in [0.25, 0.3) is 46.4 Å². The summed E-state index contributed by atoms with van der Waals surface area (Å²) < 4.78 is 0. The van der Waals surface area contributed by atoms with Crippen LogP contribution in [-0.2, 0) is 9.59 Å². The molecule has 2 amide bonds. The molecular weight excluding hydrogens is 380 g/mol. The van der Waals surface area contributed by atoms with Crippen LogP contribution >= 0.6 is 0 Å². The SMILES string of the molecule is C1=Cc2cc3ccc(cc4ccc(cc5nc(cc1n2)C=C5)[nH]4)[nH]3.NN(C=O)C=O. The van der Waals surface area contributed by atoms with Gasteiger partial charge in [-0.25, -0.2) is 20.8 Å². The molecule has 3 aromatic rings. The Morgan fingerprint density at radius 3 is 1.37 bits per heavy atom. The number of fused-ring (bicyclic) bond motifs is 8. The van der Waals surface area contributed by atoms with Crippen molar-refractivity contribution in [1.29, 1.82) is 0 Å². The quantitative estimate of drug-likeness (QED) is 0.183. The minimum atomic E-state index is 0.215. The van der Waals surface area contributed by atoms with Crippen molar-refractivity contribution >= 4 is 59.2 Å². The Kier molecular flexibility index (Phi) is 5.31. The third-order valence-corrected chi connectivity index (χ3v) is 4.29. The number of nitrogens with two attached hydrogens (primary N) is 1. The summed E-state index contributed by atoms with van der Waals surface area (Å²) in [6.07, 6.45) is 8.48. The number of rotatable bonds is 2. The molecule has 0 aliphatic carbocycles. The zero-order valence-corrected chi connectivity index (χ0v) is 15.8. The van der Waals surface area contributed by atoms with Gasteiger partial charge in [0.05, 0.1) is 22.8 Å². The van der Waals surface area contributed by atoms with Crippen LogP contribution in [0.2, 0.25) is 0 Å². The van der Waals surface area contributed by atoms with Gasteiger partial charge in [-0.1, -0.05) is 0 Å². The monoisotopic (exact) mass is 398 g/mol. The van der Waals surface area contributed by atoms with Crippen LogP contribution in [0.1, 0.15) is 22.8 Å². The van der Waals surface area contributed by atoms with Gasteiger partial charge in [0.25, 0.3) is 0 Å². The number of aromatic nitrogens is 4. The molecule has 0 unspecified atom stereocenters. The molecule has 0 saturated heterocycles. The van der Waals surface area contributed by atoms with Crippen molar-refractivity contribution in [3.05, 3.63) is 71.3 Å². The van der Waals surface area contributed by atoms with Gasteiger partial charge in [-0.3, -0.25) is 9.59 Å². The zero-order valence-electron chi connectivity index (χ0n) is 15.8. The van der Waals surface area contributed by atoms with E-state index >= 15 is 0 Å². The first kappa shape index (κ1) is 19.0. The Labute approximate surface area is 171 Å². The van der Waals surface area contributed by atoms with Gasteiger partial charge in [0, 0.05) is 22.1 Å². The van der Waals surface area contributed by atoms with Gasteiger partial charge in [-0.15, -0.1) is 0 Å². The maximum Gasteiger partial charge on any atom is 0.230 e. The van der Waals surface area contributed by atoms with E-state index in [9.17, 15) is 9.59 Å². The van der Waals surface area contributed by atoms with Crippen LogP contribution in [0, 0.1) is 0 Å². The summed E-state index contributed by atoms with van der Waals surface area (Å²) in [7, 11) is 0. The fourth-order valence-electron chi connectivity index (χ4n) is 2.97. The number of imide groups is 1. The van der Waals surface area contributed by atoms with E-state index in [4.69, 9.17) is 0 Å². The van der Waals surface area contributed by atoms with E-state index in [0.717, 1.165) is 44.8 Å². The number of carbonyl (C=O) groups is 2. The van der Waals surface area contributed by atoms with Crippen LogP contribution in [0.3, 0.4) is 0 Å². The largest absolute Gasteiger partial charge is 0.355 e. The molecule has 5 heterocycles. The van der Waals surface area contributed by atoms with Gasteiger partial charge < -0.3 is 9.97 Å². The van der Waals surface area contributed by atoms with Crippen molar-refractivity contribution < 1.29 is 9.59 Å². The predicted octanol–water partition coefficient (Wildman–Crippen LogP) is 3.13. The standard InChI is InChI=1S/C20H14N4.C2H4N2O2/c1-2-14-10-16-5-6-18(23-16)12-20-8-7-19(24-20)11-17-4-3-15(22-17)9-13(1)21-14;3-4(1-5)2-6/h1-12,21-22H;1-2H,3H2. The second kappa shape index (κ2) is 8.38. The second-order valence-electron chi connectivity index (χ2n) is 6.56. The number of H-pyrrole nitrogens is 2. The average Bonchev–Trinajstić information content (AvgIpc) is 3.53. The van der Waals surface area contributed by atoms with E-state index < -0.39 is 0 Å². The molecule has 4 N–H and O–H groups in total. The number of carbonyl (C=O) groups excluding carboxylic acids is 2. The van der Waals surface area contributed by atoms with Gasteiger partial charge in [0.1, 0.15) is 0 Å². The van der Waals surface area contributed by atoms with E-state index in [1.54, 1.807) is 0 Å². The summed E-state index contributed by atoms with van der Waals surface area (Å²) in [6, 6.07) is 16.4. The third kappa shape index (κ3) is 4.57. The van der Waals surface area contributed by atoms with E-state index in [1.807, 2.05) is 42.5 Å². The maximum atomic E-state index is 9.31. The summed E-state index contributed by atoms with van der Waals surface area (Å²) in [5, 5.41) is 0.389. The number of nitrogens with one attached hydrogen (secondary N) is 2. The minimum absolute atomic E-state index is 0.215. The predicted molar refractivity (Wildman–Crippen MR) is 117 cm³/mol. The molecule has 0 aromatic carbocycles. The van der Waals surface area contributed by atoms with Gasteiger partial charge in [0.15, 0.2) is 0 Å².